The Morgan fingerprint density at radius 3 is 3.06 bits per heavy atom. The highest BCUT2D eigenvalue weighted by Gasteiger charge is 2.30. The summed E-state index contributed by atoms with van der Waals surface area (Å²) < 4.78 is 5.19. The number of nitrogens with two attached hydrogens (primary N) is 1. The first-order chi connectivity index (χ1) is 8.26. The maximum atomic E-state index is 5.88. The average molecular weight is 235 g/mol. The van der Waals surface area contributed by atoms with Gasteiger partial charge >= 0.3 is 0 Å². The Labute approximate surface area is 103 Å². The minimum atomic E-state index is 0.323. The predicted molar refractivity (Wildman–Crippen MR) is 67.9 cm³/mol. The van der Waals surface area contributed by atoms with Crippen LogP contribution >= 0.6 is 0 Å². The monoisotopic (exact) mass is 235 g/mol. The van der Waals surface area contributed by atoms with Gasteiger partial charge in [0.2, 0.25) is 5.88 Å². The van der Waals surface area contributed by atoms with E-state index in [4.69, 9.17) is 10.5 Å². The number of rotatable bonds is 3. The zero-order valence-corrected chi connectivity index (χ0v) is 10.6. The number of hydrogen-bond acceptors (Lipinski definition) is 4. The van der Waals surface area contributed by atoms with Gasteiger partial charge < -0.3 is 10.5 Å². The largest absolute Gasteiger partial charge is 0.481 e. The topological polar surface area (TPSA) is 51.4 Å². The molecule has 0 radical (unpaired) electrons. The van der Waals surface area contributed by atoms with Crippen LogP contribution in [0.4, 0.5) is 0 Å². The SMILES string of the molecule is COc1cccc(C2C(CN)CCCN2C)n1. The summed E-state index contributed by atoms with van der Waals surface area (Å²) in [5.74, 6) is 1.17. The van der Waals surface area contributed by atoms with Crippen LogP contribution in [-0.2, 0) is 0 Å². The number of hydrogen-bond donors (Lipinski definition) is 1. The van der Waals surface area contributed by atoms with Crippen molar-refractivity contribution in [2.24, 2.45) is 11.7 Å². The predicted octanol–water partition coefficient (Wildman–Crippen LogP) is 1.43. The van der Waals surface area contributed by atoms with Crippen molar-refractivity contribution in [1.82, 2.24) is 9.88 Å². The summed E-state index contributed by atoms with van der Waals surface area (Å²) in [5, 5.41) is 0. The van der Waals surface area contributed by atoms with Gasteiger partial charge in [0, 0.05) is 6.07 Å². The standard InChI is InChI=1S/C13H21N3O/c1-16-8-4-5-10(9-14)13(16)11-6-3-7-12(15-11)17-2/h3,6-7,10,13H,4-5,8-9,14H2,1-2H3. The van der Waals surface area contributed by atoms with Gasteiger partial charge in [0.05, 0.1) is 18.8 Å². The molecule has 0 spiro atoms. The molecule has 1 fully saturated rings. The number of piperidine rings is 1. The molecule has 1 aliphatic heterocycles. The number of nitrogens with zero attached hydrogens (tertiary/aromatic N) is 2. The fourth-order valence-electron chi connectivity index (χ4n) is 2.68. The molecular weight excluding hydrogens is 214 g/mol. The number of likely N-dealkylation sites (tertiary alicyclic amines) is 1. The molecule has 4 nitrogen and oxygen atoms in total. The zero-order valence-electron chi connectivity index (χ0n) is 10.6. The van der Waals surface area contributed by atoms with Gasteiger partial charge in [0.25, 0.3) is 0 Å². The number of pyridine rings is 1. The fraction of sp³-hybridized carbons (Fsp3) is 0.615. The molecular formula is C13H21N3O. The third-order valence-corrected chi connectivity index (χ3v) is 3.57. The second kappa shape index (κ2) is 5.47. The number of methoxy groups -OCH3 is 1. The molecule has 2 rings (SSSR count). The van der Waals surface area contributed by atoms with Crippen LogP contribution in [0.15, 0.2) is 18.2 Å². The maximum Gasteiger partial charge on any atom is 0.213 e. The van der Waals surface area contributed by atoms with Crippen LogP contribution in [0, 0.1) is 5.92 Å². The summed E-state index contributed by atoms with van der Waals surface area (Å²) in [6.07, 6.45) is 2.41. The Balaban J connectivity index is 2.27. The molecule has 0 bridgehead atoms. The van der Waals surface area contributed by atoms with Crippen molar-refractivity contribution in [1.29, 1.82) is 0 Å². The van der Waals surface area contributed by atoms with Crippen LogP contribution < -0.4 is 10.5 Å². The van der Waals surface area contributed by atoms with Crippen molar-refractivity contribution in [3.05, 3.63) is 23.9 Å². The molecule has 1 aromatic rings. The first-order valence-electron chi connectivity index (χ1n) is 6.17. The van der Waals surface area contributed by atoms with Gasteiger partial charge in [-0.2, -0.15) is 0 Å². The van der Waals surface area contributed by atoms with Crippen molar-refractivity contribution in [2.45, 2.75) is 18.9 Å². The van der Waals surface area contributed by atoms with Crippen molar-refractivity contribution >= 4 is 0 Å². The normalized spacial score (nSPS) is 25.8. The second-order valence-corrected chi connectivity index (χ2v) is 4.67. The molecule has 0 aliphatic carbocycles. The summed E-state index contributed by atoms with van der Waals surface area (Å²) in [5.41, 5.74) is 6.95. The van der Waals surface area contributed by atoms with Crippen LogP contribution in [0.25, 0.3) is 0 Å². The lowest BCUT2D eigenvalue weighted by Crippen LogP contribution is -2.39. The summed E-state index contributed by atoms with van der Waals surface area (Å²) in [6.45, 7) is 1.83. The Hall–Kier alpha value is -1.13. The highest BCUT2D eigenvalue weighted by atomic mass is 16.5. The Morgan fingerprint density at radius 1 is 1.53 bits per heavy atom. The van der Waals surface area contributed by atoms with E-state index in [9.17, 15) is 0 Å². The second-order valence-electron chi connectivity index (χ2n) is 4.67. The highest BCUT2D eigenvalue weighted by Crippen LogP contribution is 2.33. The van der Waals surface area contributed by atoms with E-state index in [1.54, 1.807) is 7.11 Å². The minimum Gasteiger partial charge on any atom is -0.481 e. The molecule has 2 unspecified atom stereocenters. The van der Waals surface area contributed by atoms with Crippen LogP contribution in [0.3, 0.4) is 0 Å². The first kappa shape index (κ1) is 12.3. The van der Waals surface area contributed by atoms with Gasteiger partial charge in [-0.05, 0) is 45.0 Å². The van der Waals surface area contributed by atoms with Crippen molar-refractivity contribution < 1.29 is 4.74 Å². The average Bonchev–Trinajstić information content (AvgIpc) is 2.38. The van der Waals surface area contributed by atoms with Crippen LogP contribution in [0.2, 0.25) is 0 Å². The van der Waals surface area contributed by atoms with Crippen LogP contribution in [-0.4, -0.2) is 37.1 Å². The minimum absolute atomic E-state index is 0.323. The Kier molecular flexibility index (Phi) is 3.97. The van der Waals surface area contributed by atoms with Crippen molar-refractivity contribution in [2.75, 3.05) is 27.2 Å². The Bertz CT molecular complexity index is 369. The first-order valence-corrected chi connectivity index (χ1v) is 6.17. The van der Waals surface area contributed by atoms with Crippen LogP contribution in [0.1, 0.15) is 24.6 Å². The van der Waals surface area contributed by atoms with Gasteiger partial charge in [0.1, 0.15) is 0 Å². The molecule has 4 heteroatoms. The summed E-state index contributed by atoms with van der Waals surface area (Å²) in [7, 11) is 3.80. The number of aromatic nitrogens is 1. The van der Waals surface area contributed by atoms with E-state index in [0.29, 0.717) is 24.4 Å². The van der Waals surface area contributed by atoms with Gasteiger partial charge in [-0.1, -0.05) is 6.07 Å². The molecule has 17 heavy (non-hydrogen) atoms. The molecule has 0 amide bonds. The van der Waals surface area contributed by atoms with Gasteiger partial charge in [-0.15, -0.1) is 0 Å². The summed E-state index contributed by atoms with van der Waals surface area (Å²) in [6, 6.07) is 6.27. The van der Waals surface area contributed by atoms with E-state index in [0.717, 1.165) is 12.2 Å². The molecule has 0 aromatic carbocycles. The van der Waals surface area contributed by atoms with Gasteiger partial charge in [-0.3, -0.25) is 4.90 Å². The lowest BCUT2D eigenvalue weighted by atomic mass is 9.87. The lowest BCUT2D eigenvalue weighted by Gasteiger charge is -2.38. The summed E-state index contributed by atoms with van der Waals surface area (Å²) in [4.78, 5) is 6.89. The molecule has 94 valence electrons. The summed E-state index contributed by atoms with van der Waals surface area (Å²) >= 11 is 0. The van der Waals surface area contributed by atoms with E-state index in [2.05, 4.69) is 23.0 Å². The van der Waals surface area contributed by atoms with Crippen molar-refractivity contribution in [3.8, 4) is 5.88 Å². The molecule has 1 aromatic heterocycles. The molecule has 2 atom stereocenters. The zero-order chi connectivity index (χ0) is 12.3. The van der Waals surface area contributed by atoms with E-state index in [-0.39, 0.29) is 0 Å². The Morgan fingerprint density at radius 2 is 2.35 bits per heavy atom. The van der Waals surface area contributed by atoms with Crippen LogP contribution in [0.5, 0.6) is 5.88 Å². The molecule has 2 N–H and O–H groups in total. The van der Waals surface area contributed by atoms with E-state index in [1.165, 1.54) is 12.8 Å². The lowest BCUT2D eigenvalue weighted by molar-refractivity contribution is 0.121. The number of ether oxygens (including phenoxy) is 1. The molecule has 0 saturated carbocycles. The maximum absolute atomic E-state index is 5.88. The quantitative estimate of drug-likeness (QED) is 0.861. The van der Waals surface area contributed by atoms with Crippen molar-refractivity contribution in [3.63, 3.8) is 0 Å². The van der Waals surface area contributed by atoms with E-state index in [1.807, 2.05) is 12.1 Å². The molecule has 2 heterocycles. The van der Waals surface area contributed by atoms with Gasteiger partial charge in [-0.25, -0.2) is 4.98 Å². The molecule has 1 saturated heterocycles. The van der Waals surface area contributed by atoms with E-state index < -0.39 is 0 Å². The highest BCUT2D eigenvalue weighted by molar-refractivity contribution is 5.19. The third kappa shape index (κ3) is 2.58. The smallest absolute Gasteiger partial charge is 0.213 e. The molecule has 1 aliphatic rings. The van der Waals surface area contributed by atoms with Gasteiger partial charge in [0.15, 0.2) is 0 Å². The fourth-order valence-corrected chi connectivity index (χ4v) is 2.68. The van der Waals surface area contributed by atoms with E-state index >= 15 is 0 Å². The third-order valence-electron chi connectivity index (χ3n) is 3.57.